The normalized spacial score (nSPS) is 24.5. The first-order valence-electron chi connectivity index (χ1n) is 6.38. The molecule has 96 valence electrons. The maximum atomic E-state index is 10.00. The number of rotatable bonds is 4. The first kappa shape index (κ1) is 13.0. The lowest BCUT2D eigenvalue weighted by Gasteiger charge is -2.19. The summed E-state index contributed by atoms with van der Waals surface area (Å²) in [6.45, 7) is 3.03. The van der Waals surface area contributed by atoms with Crippen molar-refractivity contribution in [3.63, 3.8) is 0 Å². The van der Waals surface area contributed by atoms with Crippen LogP contribution in [0.1, 0.15) is 30.9 Å². The van der Waals surface area contributed by atoms with E-state index in [9.17, 15) is 5.11 Å². The third-order valence-electron chi connectivity index (χ3n) is 3.48. The van der Waals surface area contributed by atoms with E-state index in [1.807, 2.05) is 16.8 Å². The first-order valence-corrected chi connectivity index (χ1v) is 7.32. The van der Waals surface area contributed by atoms with Crippen molar-refractivity contribution < 1.29 is 5.11 Å². The zero-order valence-corrected chi connectivity index (χ0v) is 11.2. The lowest BCUT2D eigenvalue weighted by atomic mass is 10.1. The van der Waals surface area contributed by atoms with Crippen LogP contribution in [-0.4, -0.2) is 42.7 Å². The van der Waals surface area contributed by atoms with Crippen LogP contribution in [0.15, 0.2) is 16.8 Å². The molecule has 1 aromatic heterocycles. The van der Waals surface area contributed by atoms with Crippen LogP contribution in [-0.2, 0) is 0 Å². The molecule has 2 unspecified atom stereocenters. The molecule has 1 saturated heterocycles. The molecule has 1 aliphatic rings. The van der Waals surface area contributed by atoms with Crippen LogP contribution < -0.4 is 5.32 Å². The number of hydrogen-bond donors (Lipinski definition) is 2. The summed E-state index contributed by atoms with van der Waals surface area (Å²) in [6.07, 6.45) is 3.30. The van der Waals surface area contributed by atoms with Gasteiger partial charge in [0.2, 0.25) is 0 Å². The molecule has 0 saturated carbocycles. The van der Waals surface area contributed by atoms with Gasteiger partial charge in [-0.25, -0.2) is 0 Å². The van der Waals surface area contributed by atoms with Gasteiger partial charge in [0.15, 0.2) is 0 Å². The van der Waals surface area contributed by atoms with Gasteiger partial charge in [0, 0.05) is 12.6 Å². The summed E-state index contributed by atoms with van der Waals surface area (Å²) in [7, 11) is 2.18. The van der Waals surface area contributed by atoms with E-state index in [-0.39, 0.29) is 6.10 Å². The number of aliphatic hydroxyl groups is 1. The van der Waals surface area contributed by atoms with Gasteiger partial charge in [-0.3, -0.25) is 0 Å². The molecule has 2 heterocycles. The van der Waals surface area contributed by atoms with Crippen LogP contribution >= 0.6 is 11.3 Å². The minimum absolute atomic E-state index is 0.359. The van der Waals surface area contributed by atoms with Gasteiger partial charge < -0.3 is 15.3 Å². The van der Waals surface area contributed by atoms with Crippen LogP contribution in [0.25, 0.3) is 0 Å². The molecule has 1 aromatic rings. The second kappa shape index (κ2) is 6.50. The van der Waals surface area contributed by atoms with Crippen LogP contribution in [0.3, 0.4) is 0 Å². The molecule has 17 heavy (non-hydrogen) atoms. The molecule has 0 spiro atoms. The predicted octanol–water partition coefficient (Wildman–Crippen LogP) is 1.86. The Bertz CT molecular complexity index is 315. The Balaban J connectivity index is 1.74. The molecular formula is C13H22N2OS. The van der Waals surface area contributed by atoms with Crippen molar-refractivity contribution in [3.05, 3.63) is 22.4 Å². The second-order valence-corrected chi connectivity index (χ2v) is 5.69. The minimum atomic E-state index is -0.359. The highest BCUT2D eigenvalue weighted by Crippen LogP contribution is 2.16. The van der Waals surface area contributed by atoms with Gasteiger partial charge in [0.05, 0.1) is 6.10 Å². The SMILES string of the molecule is CN1CCCC(NCC(O)c2ccsc2)CC1. The average Bonchev–Trinajstić information content (AvgIpc) is 2.78. The zero-order chi connectivity index (χ0) is 12.1. The third kappa shape index (κ3) is 4.07. The lowest BCUT2D eigenvalue weighted by molar-refractivity contribution is 0.168. The van der Waals surface area contributed by atoms with E-state index in [0.717, 1.165) is 12.1 Å². The summed E-state index contributed by atoms with van der Waals surface area (Å²) >= 11 is 1.64. The Morgan fingerprint density at radius 1 is 1.53 bits per heavy atom. The Morgan fingerprint density at radius 2 is 2.41 bits per heavy atom. The monoisotopic (exact) mass is 254 g/mol. The Labute approximate surface area is 107 Å². The third-order valence-corrected chi connectivity index (χ3v) is 4.18. The van der Waals surface area contributed by atoms with E-state index in [4.69, 9.17) is 0 Å². The largest absolute Gasteiger partial charge is 0.387 e. The van der Waals surface area contributed by atoms with E-state index in [0.29, 0.717) is 12.6 Å². The van der Waals surface area contributed by atoms with Crippen molar-refractivity contribution in [2.45, 2.75) is 31.4 Å². The summed E-state index contributed by atoms with van der Waals surface area (Å²) in [5.74, 6) is 0. The van der Waals surface area contributed by atoms with Crippen molar-refractivity contribution in [2.24, 2.45) is 0 Å². The number of aliphatic hydroxyl groups excluding tert-OH is 1. The van der Waals surface area contributed by atoms with Crippen molar-refractivity contribution in [1.29, 1.82) is 0 Å². The molecule has 3 nitrogen and oxygen atoms in total. The molecule has 2 N–H and O–H groups in total. The van der Waals surface area contributed by atoms with Gasteiger partial charge in [-0.1, -0.05) is 0 Å². The van der Waals surface area contributed by atoms with E-state index >= 15 is 0 Å². The summed E-state index contributed by atoms with van der Waals surface area (Å²) in [5.41, 5.74) is 1.04. The Kier molecular flexibility index (Phi) is 4.98. The van der Waals surface area contributed by atoms with Gasteiger partial charge in [-0.2, -0.15) is 11.3 Å². The second-order valence-electron chi connectivity index (χ2n) is 4.91. The fraction of sp³-hybridized carbons (Fsp3) is 0.692. The number of likely N-dealkylation sites (tertiary alicyclic amines) is 1. The fourth-order valence-electron chi connectivity index (χ4n) is 2.30. The molecule has 4 heteroatoms. The maximum absolute atomic E-state index is 10.00. The van der Waals surface area contributed by atoms with Gasteiger partial charge in [-0.05, 0) is 61.8 Å². The van der Waals surface area contributed by atoms with E-state index < -0.39 is 0 Å². The van der Waals surface area contributed by atoms with Crippen LogP contribution in [0.2, 0.25) is 0 Å². The standard InChI is InChI=1S/C13H22N2OS/c1-15-6-2-3-12(4-7-15)14-9-13(16)11-5-8-17-10-11/h5,8,10,12-14,16H,2-4,6-7,9H2,1H3. The highest BCUT2D eigenvalue weighted by atomic mass is 32.1. The van der Waals surface area contributed by atoms with Gasteiger partial charge in [0.1, 0.15) is 0 Å². The van der Waals surface area contributed by atoms with Gasteiger partial charge in [-0.15, -0.1) is 0 Å². The molecule has 0 aromatic carbocycles. The number of thiophene rings is 1. The quantitative estimate of drug-likeness (QED) is 0.861. The van der Waals surface area contributed by atoms with E-state index in [2.05, 4.69) is 17.3 Å². The van der Waals surface area contributed by atoms with E-state index in [1.54, 1.807) is 11.3 Å². The summed E-state index contributed by atoms with van der Waals surface area (Å²) in [4.78, 5) is 2.39. The van der Waals surface area contributed by atoms with Gasteiger partial charge in [0.25, 0.3) is 0 Å². The van der Waals surface area contributed by atoms with Crippen molar-refractivity contribution in [2.75, 3.05) is 26.7 Å². The molecule has 1 aliphatic heterocycles. The fourth-order valence-corrected chi connectivity index (χ4v) is 3.01. The molecule has 0 amide bonds. The average molecular weight is 254 g/mol. The maximum Gasteiger partial charge on any atom is 0.0922 e. The smallest absolute Gasteiger partial charge is 0.0922 e. The summed E-state index contributed by atoms with van der Waals surface area (Å²) < 4.78 is 0. The van der Waals surface area contributed by atoms with Crippen LogP contribution in [0.4, 0.5) is 0 Å². The van der Waals surface area contributed by atoms with Crippen molar-refractivity contribution in [3.8, 4) is 0 Å². The van der Waals surface area contributed by atoms with E-state index in [1.165, 1.54) is 25.8 Å². The van der Waals surface area contributed by atoms with Crippen LogP contribution in [0.5, 0.6) is 0 Å². The predicted molar refractivity (Wildman–Crippen MR) is 72.4 cm³/mol. The van der Waals surface area contributed by atoms with Crippen molar-refractivity contribution >= 4 is 11.3 Å². The van der Waals surface area contributed by atoms with Gasteiger partial charge >= 0.3 is 0 Å². The topological polar surface area (TPSA) is 35.5 Å². The number of nitrogens with zero attached hydrogens (tertiary/aromatic N) is 1. The molecule has 0 radical (unpaired) electrons. The molecule has 0 bridgehead atoms. The highest BCUT2D eigenvalue weighted by molar-refractivity contribution is 7.07. The first-order chi connectivity index (χ1) is 8.25. The van der Waals surface area contributed by atoms with Crippen molar-refractivity contribution in [1.82, 2.24) is 10.2 Å². The lowest BCUT2D eigenvalue weighted by Crippen LogP contribution is -2.33. The molecule has 0 aliphatic carbocycles. The molecule has 2 rings (SSSR count). The Morgan fingerprint density at radius 3 is 3.18 bits per heavy atom. The van der Waals surface area contributed by atoms with Crippen LogP contribution in [0, 0.1) is 0 Å². The molecule has 2 atom stereocenters. The molecular weight excluding hydrogens is 232 g/mol. The summed E-state index contributed by atoms with van der Waals surface area (Å²) in [5, 5.41) is 17.5. The number of nitrogens with one attached hydrogen (secondary N) is 1. The summed E-state index contributed by atoms with van der Waals surface area (Å²) in [6, 6.07) is 2.56. The Hall–Kier alpha value is -0.420. The molecule has 1 fully saturated rings. The minimum Gasteiger partial charge on any atom is -0.387 e. The zero-order valence-electron chi connectivity index (χ0n) is 10.4. The highest BCUT2D eigenvalue weighted by Gasteiger charge is 2.16. The number of hydrogen-bond acceptors (Lipinski definition) is 4.